The fraction of sp³-hybridized carbons (Fsp3) is 0. The minimum atomic E-state index is 0.212. The third-order valence-electron chi connectivity index (χ3n) is 7.54. The molecule has 0 unspecified atom stereocenters. The maximum absolute atomic E-state index is 9.15. The zero-order valence-electron chi connectivity index (χ0n) is 28.8. The van der Waals surface area contributed by atoms with Crippen molar-refractivity contribution in [3.8, 4) is 94.5 Å². The van der Waals surface area contributed by atoms with Crippen LogP contribution in [-0.2, 0) is 0 Å². The molecule has 0 radical (unpaired) electrons. The summed E-state index contributed by atoms with van der Waals surface area (Å²) in [6, 6.07) is 47.7. The van der Waals surface area contributed by atoms with Gasteiger partial charge in [-0.1, -0.05) is 24.3 Å². The van der Waals surface area contributed by atoms with E-state index in [1.54, 1.807) is 72.8 Å². The molecule has 0 aromatic heterocycles. The third kappa shape index (κ3) is 9.02. The van der Waals surface area contributed by atoms with Gasteiger partial charge in [0, 0.05) is 0 Å². The topological polar surface area (TPSA) is 227 Å². The van der Waals surface area contributed by atoms with E-state index in [2.05, 4.69) is 0 Å². The average Bonchev–Trinajstić information content (AvgIpc) is 3.25. The largest absolute Gasteiger partial charge is 0.453 e. The predicted octanol–water partition coefficient (Wildman–Crippen LogP) is 9.52. The Bertz CT molecular complexity index is 2440. The van der Waals surface area contributed by atoms with E-state index < -0.39 is 0 Å². The van der Waals surface area contributed by atoms with Gasteiger partial charge in [0.2, 0.25) is 0 Å². The van der Waals surface area contributed by atoms with E-state index in [1.807, 2.05) is 48.6 Å². The van der Waals surface area contributed by atoms with Crippen LogP contribution >= 0.6 is 0 Å². The van der Waals surface area contributed by atoms with Gasteiger partial charge in [-0.15, -0.1) is 0 Å². The van der Waals surface area contributed by atoms with Crippen LogP contribution in [0.1, 0.15) is 44.5 Å². The number of ether oxygens (including phenoxy) is 4. The zero-order valence-corrected chi connectivity index (χ0v) is 28.8. The van der Waals surface area contributed by atoms with Crippen LogP contribution in [0.15, 0.2) is 121 Å². The Labute approximate surface area is 320 Å². The smallest absolute Gasteiger partial charge is 0.169 e. The summed E-state index contributed by atoms with van der Waals surface area (Å²) in [7, 11) is 0. The molecule has 260 valence electrons. The molecule has 6 aromatic rings. The molecule has 0 N–H and O–H groups in total. The molecule has 6 rings (SSSR count). The molecule has 0 fully saturated rings. The van der Waals surface area contributed by atoms with Crippen molar-refractivity contribution < 1.29 is 18.9 Å². The highest BCUT2D eigenvalue weighted by atomic mass is 16.5. The summed E-state index contributed by atoms with van der Waals surface area (Å²) in [5.41, 5.74) is 1.91. The third-order valence-corrected chi connectivity index (χ3v) is 7.54. The molecule has 0 atom stereocenters. The van der Waals surface area contributed by atoms with Gasteiger partial charge >= 0.3 is 0 Å². The lowest BCUT2D eigenvalue weighted by atomic mass is 10.1. The van der Waals surface area contributed by atoms with Crippen molar-refractivity contribution in [2.45, 2.75) is 0 Å². The van der Waals surface area contributed by atoms with E-state index in [0.29, 0.717) is 46.0 Å². The fourth-order valence-electron chi connectivity index (χ4n) is 4.85. The second-order valence-corrected chi connectivity index (χ2v) is 11.0. The lowest BCUT2D eigenvalue weighted by Gasteiger charge is -2.13. The Kier molecular flexibility index (Phi) is 12.2. The molecule has 0 bridgehead atoms. The number of hydrogen-bond acceptors (Lipinski definition) is 12. The molecule has 0 aliphatic rings. The van der Waals surface area contributed by atoms with Crippen LogP contribution in [0.2, 0.25) is 0 Å². The summed E-state index contributed by atoms with van der Waals surface area (Å²) in [5, 5.41) is 72.7. The van der Waals surface area contributed by atoms with Crippen molar-refractivity contribution in [3.63, 3.8) is 0 Å². The van der Waals surface area contributed by atoms with E-state index in [4.69, 9.17) is 61.0 Å². The summed E-state index contributed by atoms with van der Waals surface area (Å²) in [6.45, 7) is 0. The molecule has 0 amide bonds. The molecule has 6 aromatic carbocycles. The fourth-order valence-corrected chi connectivity index (χ4v) is 4.85. The lowest BCUT2D eigenvalue weighted by molar-refractivity contribution is 0.418. The first-order valence-corrected chi connectivity index (χ1v) is 16.0. The number of benzene rings is 6. The maximum atomic E-state index is 9.15. The molecule has 0 saturated heterocycles. The van der Waals surface area contributed by atoms with E-state index in [1.165, 1.54) is 48.5 Å². The highest BCUT2D eigenvalue weighted by Crippen LogP contribution is 2.37. The van der Waals surface area contributed by atoms with E-state index in [9.17, 15) is 0 Å². The van der Waals surface area contributed by atoms with E-state index in [-0.39, 0.29) is 44.5 Å². The van der Waals surface area contributed by atoms with Gasteiger partial charge in [0.05, 0.1) is 44.5 Å². The summed E-state index contributed by atoms with van der Waals surface area (Å²) in [5.74, 6) is 3.07. The maximum Gasteiger partial charge on any atom is 0.169 e. The van der Waals surface area contributed by atoms with Gasteiger partial charge in [0.15, 0.2) is 23.0 Å². The molecular weight excluding hydrogens is 705 g/mol. The highest BCUT2D eigenvalue weighted by Gasteiger charge is 2.13. The number of rotatable bonds is 8. The first kappa shape index (κ1) is 37.7. The Hall–Kier alpha value is -9.56. The molecule has 56 heavy (non-hydrogen) atoms. The van der Waals surface area contributed by atoms with Gasteiger partial charge in [0.25, 0.3) is 0 Å². The first-order valence-electron chi connectivity index (χ1n) is 16.0. The van der Waals surface area contributed by atoms with Crippen LogP contribution in [0.25, 0.3) is 0 Å². The van der Waals surface area contributed by atoms with Gasteiger partial charge in [-0.2, -0.15) is 42.1 Å². The van der Waals surface area contributed by atoms with Crippen molar-refractivity contribution in [1.29, 1.82) is 42.1 Å². The van der Waals surface area contributed by atoms with Crippen LogP contribution < -0.4 is 18.9 Å². The minimum Gasteiger partial charge on any atom is -0.453 e. The molecule has 0 saturated carbocycles. The SMILES string of the molecule is N#Cc1ccc(Oc2ccccc2Oc2ccc(C#N)c(C#N)c2)cc1C#N.N#Cc1ccc(Oc2ccccc2Oc2ccc(C#N)c(C#N)c2)cc1C#N. The van der Waals surface area contributed by atoms with Crippen LogP contribution in [-0.4, -0.2) is 0 Å². The zero-order chi connectivity index (χ0) is 39.9. The Morgan fingerprint density at radius 2 is 0.446 bits per heavy atom. The predicted molar refractivity (Wildman–Crippen MR) is 197 cm³/mol. The standard InChI is InChI=1S/2C22H10N4O2/c2*23-11-15-5-7-19(9-17(15)13-25)27-21-3-1-2-4-22(21)28-20-8-6-16(12-24)18(10-20)14-26/h2*1-10H. The first-order chi connectivity index (χ1) is 27.4. The van der Waals surface area contributed by atoms with Crippen molar-refractivity contribution >= 4 is 0 Å². The van der Waals surface area contributed by atoms with Crippen LogP contribution in [0.5, 0.6) is 46.0 Å². The Morgan fingerprint density at radius 3 is 0.625 bits per heavy atom. The van der Waals surface area contributed by atoms with E-state index in [0.717, 1.165) is 0 Å². The quantitative estimate of drug-likeness (QED) is 0.143. The van der Waals surface area contributed by atoms with Crippen molar-refractivity contribution in [2.75, 3.05) is 0 Å². The summed E-state index contributed by atoms with van der Waals surface area (Å²) in [6.07, 6.45) is 0. The van der Waals surface area contributed by atoms with Crippen LogP contribution in [0.3, 0.4) is 0 Å². The molecule has 12 heteroatoms. The van der Waals surface area contributed by atoms with E-state index >= 15 is 0 Å². The molecule has 0 heterocycles. The molecule has 0 spiro atoms. The van der Waals surface area contributed by atoms with Gasteiger partial charge in [0.1, 0.15) is 71.6 Å². The van der Waals surface area contributed by atoms with Crippen molar-refractivity contribution in [3.05, 3.63) is 166 Å². The van der Waals surface area contributed by atoms with Crippen LogP contribution in [0.4, 0.5) is 0 Å². The summed E-state index contributed by atoms with van der Waals surface area (Å²) in [4.78, 5) is 0. The van der Waals surface area contributed by atoms with Gasteiger partial charge in [-0.3, -0.25) is 0 Å². The molecule has 12 nitrogen and oxygen atoms in total. The van der Waals surface area contributed by atoms with Gasteiger partial charge in [-0.25, -0.2) is 0 Å². The molecule has 0 aliphatic heterocycles. The number of hydrogen-bond donors (Lipinski definition) is 0. The number of para-hydroxylation sites is 4. The Morgan fingerprint density at radius 1 is 0.250 bits per heavy atom. The lowest BCUT2D eigenvalue weighted by Crippen LogP contribution is -1.93. The van der Waals surface area contributed by atoms with Crippen molar-refractivity contribution in [2.24, 2.45) is 0 Å². The van der Waals surface area contributed by atoms with Crippen LogP contribution in [0, 0.1) is 90.6 Å². The normalized spacial score (nSPS) is 9.29. The van der Waals surface area contributed by atoms with Gasteiger partial charge < -0.3 is 18.9 Å². The number of nitrogens with zero attached hydrogens (tertiary/aromatic N) is 8. The molecule has 0 aliphatic carbocycles. The summed E-state index contributed by atoms with van der Waals surface area (Å²) >= 11 is 0. The second-order valence-electron chi connectivity index (χ2n) is 11.0. The highest BCUT2D eigenvalue weighted by molar-refractivity contribution is 5.55. The second kappa shape index (κ2) is 18.1. The average molecular weight is 725 g/mol. The number of nitriles is 8. The minimum absolute atomic E-state index is 0.212. The Balaban J connectivity index is 0.000000214. The summed E-state index contributed by atoms with van der Waals surface area (Å²) < 4.78 is 23.3. The monoisotopic (exact) mass is 724 g/mol. The van der Waals surface area contributed by atoms with Gasteiger partial charge in [-0.05, 0) is 97.1 Å². The van der Waals surface area contributed by atoms with Crippen molar-refractivity contribution in [1.82, 2.24) is 0 Å². The molecular formula is C44H20N8O4.